The van der Waals surface area contributed by atoms with Crippen LogP contribution in [0.3, 0.4) is 0 Å². The van der Waals surface area contributed by atoms with Crippen LogP contribution in [0.5, 0.6) is 0 Å². The van der Waals surface area contributed by atoms with Gasteiger partial charge in [-0.05, 0) is 63.1 Å². The van der Waals surface area contributed by atoms with Gasteiger partial charge < -0.3 is 4.90 Å². The summed E-state index contributed by atoms with van der Waals surface area (Å²) in [5, 5.41) is 0. The van der Waals surface area contributed by atoms with Crippen molar-refractivity contribution in [3.8, 4) is 0 Å². The van der Waals surface area contributed by atoms with Gasteiger partial charge in [0.2, 0.25) is 15.9 Å². The van der Waals surface area contributed by atoms with Crippen LogP contribution < -0.4 is 0 Å². The van der Waals surface area contributed by atoms with Gasteiger partial charge in [0.05, 0.1) is 10.9 Å². The number of amides is 1. The molecule has 31 heavy (non-hydrogen) atoms. The maximum atomic E-state index is 13.3. The Hall–Kier alpha value is -2.18. The molecule has 0 saturated carbocycles. The van der Waals surface area contributed by atoms with Gasteiger partial charge in [-0.1, -0.05) is 48.0 Å². The van der Waals surface area contributed by atoms with Gasteiger partial charge in [0, 0.05) is 25.6 Å². The first-order valence-corrected chi connectivity index (χ1v) is 12.7. The summed E-state index contributed by atoms with van der Waals surface area (Å²) >= 11 is 0. The van der Waals surface area contributed by atoms with E-state index < -0.39 is 10.0 Å². The Morgan fingerprint density at radius 3 is 2.13 bits per heavy atom. The third-order valence-electron chi connectivity index (χ3n) is 6.73. The summed E-state index contributed by atoms with van der Waals surface area (Å²) < 4.78 is 28.3. The Morgan fingerprint density at radius 2 is 1.52 bits per heavy atom. The van der Waals surface area contributed by atoms with Crippen molar-refractivity contribution in [2.75, 3.05) is 19.6 Å². The second-order valence-corrected chi connectivity index (χ2v) is 10.9. The fourth-order valence-electron chi connectivity index (χ4n) is 5.33. The standard InChI is InChI=1S/C25H32N2O3S/c1-18-16-19(2)24(20(3)17-18)31(29,30)26-14-11-22(12-15-26)25(28)27-13-7-10-23(27)21-8-5-4-6-9-21/h4-6,8-9,16-17,22-23H,7,10-15H2,1-3H3/t23-/m0/s1. The molecule has 0 spiro atoms. The Kier molecular flexibility index (Phi) is 6.22. The first kappa shape index (κ1) is 22.0. The molecule has 1 amide bonds. The lowest BCUT2D eigenvalue weighted by atomic mass is 9.95. The molecular weight excluding hydrogens is 408 g/mol. The lowest BCUT2D eigenvalue weighted by molar-refractivity contribution is -0.137. The van der Waals surface area contributed by atoms with E-state index in [0.29, 0.717) is 30.8 Å². The van der Waals surface area contributed by atoms with Crippen LogP contribution in [0, 0.1) is 26.7 Å². The van der Waals surface area contributed by atoms with Gasteiger partial charge in [-0.3, -0.25) is 4.79 Å². The molecule has 2 aromatic carbocycles. The number of nitrogens with zero attached hydrogens (tertiary/aromatic N) is 2. The molecule has 6 heteroatoms. The minimum Gasteiger partial charge on any atom is -0.335 e. The number of aryl methyl sites for hydroxylation is 3. The van der Waals surface area contributed by atoms with E-state index in [2.05, 4.69) is 12.1 Å². The number of carbonyl (C=O) groups is 1. The van der Waals surface area contributed by atoms with Crippen LogP contribution in [-0.2, 0) is 14.8 Å². The number of rotatable bonds is 4. The fourth-order valence-corrected chi connectivity index (χ4v) is 7.21. The largest absolute Gasteiger partial charge is 0.335 e. The van der Waals surface area contributed by atoms with E-state index in [-0.39, 0.29) is 17.9 Å². The zero-order chi connectivity index (χ0) is 22.2. The quantitative estimate of drug-likeness (QED) is 0.709. The molecule has 4 rings (SSSR count). The molecule has 1 atom stereocenters. The summed E-state index contributed by atoms with van der Waals surface area (Å²) in [5.41, 5.74) is 3.84. The van der Waals surface area contributed by atoms with E-state index in [9.17, 15) is 13.2 Å². The van der Waals surface area contributed by atoms with Crippen molar-refractivity contribution in [1.29, 1.82) is 0 Å². The first-order chi connectivity index (χ1) is 14.8. The van der Waals surface area contributed by atoms with Gasteiger partial charge in [0.1, 0.15) is 0 Å². The van der Waals surface area contributed by atoms with E-state index in [1.807, 2.05) is 56.0 Å². The van der Waals surface area contributed by atoms with Crippen LogP contribution in [0.1, 0.15) is 54.0 Å². The topological polar surface area (TPSA) is 57.7 Å². The summed E-state index contributed by atoms with van der Waals surface area (Å²) in [5.74, 6) is 0.0853. The molecule has 0 unspecified atom stereocenters. The molecular formula is C25H32N2O3S. The van der Waals surface area contributed by atoms with Crippen molar-refractivity contribution in [2.24, 2.45) is 5.92 Å². The fraction of sp³-hybridized carbons (Fsp3) is 0.480. The van der Waals surface area contributed by atoms with Gasteiger partial charge in [0.15, 0.2) is 0 Å². The Balaban J connectivity index is 1.46. The van der Waals surface area contributed by atoms with Crippen LogP contribution in [0.25, 0.3) is 0 Å². The van der Waals surface area contributed by atoms with Crippen molar-refractivity contribution in [1.82, 2.24) is 9.21 Å². The van der Waals surface area contributed by atoms with Gasteiger partial charge in [-0.15, -0.1) is 0 Å². The molecule has 2 saturated heterocycles. The number of piperidine rings is 1. The van der Waals surface area contributed by atoms with Crippen molar-refractivity contribution in [2.45, 2.75) is 57.4 Å². The van der Waals surface area contributed by atoms with E-state index in [1.165, 1.54) is 5.56 Å². The zero-order valence-corrected chi connectivity index (χ0v) is 19.5. The number of hydrogen-bond donors (Lipinski definition) is 0. The van der Waals surface area contributed by atoms with Crippen molar-refractivity contribution >= 4 is 15.9 Å². The average molecular weight is 441 g/mol. The van der Waals surface area contributed by atoms with E-state index >= 15 is 0 Å². The Morgan fingerprint density at radius 1 is 0.903 bits per heavy atom. The molecule has 5 nitrogen and oxygen atoms in total. The van der Waals surface area contributed by atoms with Crippen LogP contribution in [0.15, 0.2) is 47.4 Å². The molecule has 2 fully saturated rings. The minimum absolute atomic E-state index is 0.101. The molecule has 166 valence electrons. The monoisotopic (exact) mass is 440 g/mol. The molecule has 2 aliphatic heterocycles. The summed E-state index contributed by atoms with van der Waals surface area (Å²) in [6, 6.07) is 14.2. The van der Waals surface area contributed by atoms with Crippen LogP contribution >= 0.6 is 0 Å². The highest BCUT2D eigenvalue weighted by molar-refractivity contribution is 7.89. The molecule has 0 radical (unpaired) electrons. The Labute approximate surface area is 186 Å². The van der Waals surface area contributed by atoms with E-state index in [4.69, 9.17) is 0 Å². The lowest BCUT2D eigenvalue weighted by Gasteiger charge is -2.35. The van der Waals surface area contributed by atoms with E-state index in [1.54, 1.807) is 4.31 Å². The third-order valence-corrected chi connectivity index (χ3v) is 8.93. The van der Waals surface area contributed by atoms with Gasteiger partial charge in [-0.2, -0.15) is 4.31 Å². The van der Waals surface area contributed by atoms with Crippen molar-refractivity contribution in [3.05, 3.63) is 64.7 Å². The van der Waals surface area contributed by atoms with Crippen molar-refractivity contribution in [3.63, 3.8) is 0 Å². The van der Waals surface area contributed by atoms with E-state index in [0.717, 1.165) is 36.1 Å². The van der Waals surface area contributed by atoms with Gasteiger partial charge in [0.25, 0.3) is 0 Å². The molecule has 2 aliphatic rings. The summed E-state index contributed by atoms with van der Waals surface area (Å²) in [6.45, 7) is 7.29. The molecule has 2 aromatic rings. The predicted molar refractivity (Wildman–Crippen MR) is 122 cm³/mol. The summed E-state index contributed by atoms with van der Waals surface area (Å²) in [7, 11) is -3.55. The number of carbonyl (C=O) groups excluding carboxylic acids is 1. The van der Waals surface area contributed by atoms with Crippen LogP contribution in [0.4, 0.5) is 0 Å². The highest BCUT2D eigenvalue weighted by Gasteiger charge is 2.38. The normalized spacial score (nSPS) is 20.9. The molecule has 0 aliphatic carbocycles. The first-order valence-electron chi connectivity index (χ1n) is 11.2. The van der Waals surface area contributed by atoms with Gasteiger partial charge >= 0.3 is 0 Å². The lowest BCUT2D eigenvalue weighted by Crippen LogP contribution is -2.44. The number of likely N-dealkylation sites (tertiary alicyclic amines) is 1. The molecule has 0 N–H and O–H groups in total. The molecule has 2 heterocycles. The van der Waals surface area contributed by atoms with Crippen LogP contribution in [-0.4, -0.2) is 43.2 Å². The second-order valence-electron chi connectivity index (χ2n) is 9.01. The average Bonchev–Trinajstić information content (AvgIpc) is 3.23. The Bertz CT molecular complexity index is 1030. The SMILES string of the molecule is Cc1cc(C)c(S(=O)(=O)N2CCC(C(=O)N3CCC[C@H]3c3ccccc3)CC2)c(C)c1. The zero-order valence-electron chi connectivity index (χ0n) is 18.7. The predicted octanol–water partition coefficient (Wildman–Crippen LogP) is 4.38. The third kappa shape index (κ3) is 4.28. The number of sulfonamides is 1. The smallest absolute Gasteiger partial charge is 0.243 e. The minimum atomic E-state index is -3.55. The van der Waals surface area contributed by atoms with Gasteiger partial charge in [-0.25, -0.2) is 8.42 Å². The molecule has 0 aromatic heterocycles. The van der Waals surface area contributed by atoms with Crippen molar-refractivity contribution < 1.29 is 13.2 Å². The second kappa shape index (κ2) is 8.75. The highest BCUT2D eigenvalue weighted by Crippen LogP contribution is 2.35. The maximum absolute atomic E-state index is 13.3. The number of benzene rings is 2. The highest BCUT2D eigenvalue weighted by atomic mass is 32.2. The summed E-state index contributed by atoms with van der Waals surface area (Å²) in [6.07, 6.45) is 3.18. The van der Waals surface area contributed by atoms with Crippen LogP contribution in [0.2, 0.25) is 0 Å². The molecule has 0 bridgehead atoms. The summed E-state index contributed by atoms with van der Waals surface area (Å²) in [4.78, 5) is 15.8. The maximum Gasteiger partial charge on any atom is 0.243 e. The number of hydrogen-bond acceptors (Lipinski definition) is 3.